The van der Waals surface area contributed by atoms with E-state index < -0.39 is 5.30 Å². The maximum atomic E-state index is 11.0. The molecule has 0 fully saturated rings. The van der Waals surface area contributed by atoms with Gasteiger partial charge in [0.2, 0.25) is 0 Å². The van der Waals surface area contributed by atoms with Gasteiger partial charge in [-0.3, -0.25) is 0 Å². The van der Waals surface area contributed by atoms with Crippen LogP contribution in [0.3, 0.4) is 0 Å². The summed E-state index contributed by atoms with van der Waals surface area (Å²) >= 11 is 6.57. The summed E-state index contributed by atoms with van der Waals surface area (Å²) in [6.07, 6.45) is 2.92. The van der Waals surface area contributed by atoms with Gasteiger partial charge >= 0.3 is 11.3 Å². The van der Waals surface area contributed by atoms with Gasteiger partial charge in [-0.15, -0.1) is 0 Å². The molecule has 0 radical (unpaired) electrons. The van der Waals surface area contributed by atoms with Crippen molar-refractivity contribution < 1.29 is 14.3 Å². The fourth-order valence-electron chi connectivity index (χ4n) is 1.42. The van der Waals surface area contributed by atoms with E-state index in [4.69, 9.17) is 16.3 Å². The monoisotopic (exact) mass is 325 g/mol. The second kappa shape index (κ2) is 7.14. The molecule has 0 unspecified atom stereocenters. The number of rotatable bonds is 4. The molecule has 1 aromatic carbocycles. The van der Waals surface area contributed by atoms with Gasteiger partial charge in [0, 0.05) is 5.69 Å². The number of hydrogen-bond acceptors (Lipinski definition) is 7. The van der Waals surface area contributed by atoms with Crippen molar-refractivity contribution in [3.63, 3.8) is 0 Å². The van der Waals surface area contributed by atoms with Crippen molar-refractivity contribution in [1.82, 2.24) is 9.97 Å². The number of aryl methyl sites for hydroxylation is 1. The Morgan fingerprint density at radius 3 is 2.67 bits per heavy atom. The highest BCUT2D eigenvalue weighted by atomic mass is 35.5. The molecule has 1 heterocycles. The molecule has 0 aliphatic heterocycles. The lowest BCUT2D eigenvalue weighted by atomic mass is 10.2. The van der Waals surface area contributed by atoms with Crippen molar-refractivity contribution >= 4 is 34.5 Å². The molecule has 0 saturated carbocycles. The number of carbonyl (C=O) groups is 1. The maximum Gasteiger partial charge on any atom is 0.387 e. The van der Waals surface area contributed by atoms with Crippen molar-refractivity contribution in [3.8, 4) is 11.8 Å². The molecule has 0 saturated heterocycles. The van der Waals surface area contributed by atoms with E-state index in [1.165, 1.54) is 19.5 Å². The summed E-state index contributed by atoms with van der Waals surface area (Å²) in [7, 11) is 1.32. The molecule has 1 N–H and O–H groups in total. The molecular weight excluding hydrogens is 314 g/mol. The SMILES string of the molecule is COC(=O)SNc1ccc(Oc2ncc(Cl)cn2)c(C)c1. The second-order valence-corrected chi connectivity index (χ2v) is 5.10. The molecule has 21 heavy (non-hydrogen) atoms. The van der Waals surface area contributed by atoms with Crippen LogP contribution in [0.5, 0.6) is 11.8 Å². The molecule has 1 aromatic heterocycles. The van der Waals surface area contributed by atoms with Gasteiger partial charge in [-0.1, -0.05) is 11.6 Å². The summed E-state index contributed by atoms with van der Waals surface area (Å²) in [6.45, 7) is 1.87. The number of aromatic nitrogens is 2. The van der Waals surface area contributed by atoms with Crippen LogP contribution in [0, 0.1) is 6.92 Å². The molecule has 8 heteroatoms. The Balaban J connectivity index is 2.05. The van der Waals surface area contributed by atoms with Gasteiger partial charge in [-0.05, 0) is 30.7 Å². The van der Waals surface area contributed by atoms with E-state index in [1.807, 2.05) is 13.0 Å². The minimum atomic E-state index is -0.414. The lowest BCUT2D eigenvalue weighted by Crippen LogP contribution is -1.98. The third kappa shape index (κ3) is 4.51. The minimum absolute atomic E-state index is 0.215. The van der Waals surface area contributed by atoms with Crippen molar-refractivity contribution in [2.24, 2.45) is 0 Å². The van der Waals surface area contributed by atoms with Gasteiger partial charge in [0.25, 0.3) is 0 Å². The Morgan fingerprint density at radius 1 is 1.33 bits per heavy atom. The zero-order chi connectivity index (χ0) is 15.2. The van der Waals surface area contributed by atoms with Crippen LogP contribution < -0.4 is 9.46 Å². The maximum absolute atomic E-state index is 11.0. The highest BCUT2D eigenvalue weighted by Gasteiger charge is 2.06. The van der Waals surface area contributed by atoms with Gasteiger partial charge in [-0.25, -0.2) is 14.8 Å². The summed E-state index contributed by atoms with van der Waals surface area (Å²) in [5, 5.41) is 0.0287. The van der Waals surface area contributed by atoms with E-state index in [2.05, 4.69) is 19.4 Å². The summed E-state index contributed by atoms with van der Waals surface area (Å²) < 4.78 is 13.0. The number of anilines is 1. The highest BCUT2D eigenvalue weighted by molar-refractivity contribution is 8.14. The van der Waals surface area contributed by atoms with Gasteiger partial charge in [0.05, 0.1) is 36.5 Å². The van der Waals surface area contributed by atoms with Crippen molar-refractivity contribution in [1.29, 1.82) is 0 Å². The van der Waals surface area contributed by atoms with E-state index in [1.54, 1.807) is 12.1 Å². The summed E-state index contributed by atoms with van der Waals surface area (Å²) in [4.78, 5) is 19.0. The lowest BCUT2D eigenvalue weighted by molar-refractivity contribution is 0.200. The fourth-order valence-corrected chi connectivity index (χ4v) is 1.93. The molecule has 110 valence electrons. The first-order chi connectivity index (χ1) is 10.1. The molecule has 2 aromatic rings. The zero-order valence-electron chi connectivity index (χ0n) is 11.3. The smallest absolute Gasteiger partial charge is 0.387 e. The molecule has 0 spiro atoms. The first-order valence-electron chi connectivity index (χ1n) is 5.85. The quantitative estimate of drug-likeness (QED) is 0.671. The van der Waals surface area contributed by atoms with Gasteiger partial charge < -0.3 is 14.2 Å². The molecule has 0 aliphatic carbocycles. The van der Waals surface area contributed by atoms with Crippen LogP contribution in [0.2, 0.25) is 5.02 Å². The average Bonchev–Trinajstić information content (AvgIpc) is 2.49. The molecule has 0 amide bonds. The minimum Gasteiger partial charge on any atom is -0.460 e. The number of halogens is 1. The number of nitrogens with zero attached hydrogens (tertiary/aromatic N) is 2. The summed E-state index contributed by atoms with van der Waals surface area (Å²) in [5.74, 6) is 0.617. The molecule has 0 bridgehead atoms. The predicted octanol–water partition coefficient (Wildman–Crippen LogP) is 4.06. The van der Waals surface area contributed by atoms with Crippen LogP contribution in [-0.4, -0.2) is 22.4 Å². The first kappa shape index (κ1) is 15.4. The number of methoxy groups -OCH3 is 1. The zero-order valence-corrected chi connectivity index (χ0v) is 12.9. The Kier molecular flexibility index (Phi) is 5.24. The normalized spacial score (nSPS) is 10.0. The van der Waals surface area contributed by atoms with E-state index in [-0.39, 0.29) is 6.01 Å². The van der Waals surface area contributed by atoms with Crippen LogP contribution in [0.25, 0.3) is 0 Å². The van der Waals surface area contributed by atoms with Gasteiger partial charge in [0.1, 0.15) is 5.75 Å². The Labute approximate surface area is 131 Å². The van der Waals surface area contributed by atoms with E-state index in [9.17, 15) is 4.79 Å². The van der Waals surface area contributed by atoms with Crippen LogP contribution in [0.1, 0.15) is 5.56 Å². The van der Waals surface area contributed by atoms with E-state index in [0.717, 1.165) is 23.2 Å². The Hall–Kier alpha value is -1.99. The molecular formula is C13H12ClN3O3S. The van der Waals surface area contributed by atoms with Gasteiger partial charge in [0.15, 0.2) is 0 Å². The second-order valence-electron chi connectivity index (χ2n) is 3.92. The van der Waals surface area contributed by atoms with Crippen LogP contribution in [0.15, 0.2) is 30.6 Å². The number of benzene rings is 1. The number of carbonyl (C=O) groups excluding carboxylic acids is 1. The Bertz CT molecular complexity index is 637. The van der Waals surface area contributed by atoms with E-state index in [0.29, 0.717) is 10.8 Å². The van der Waals surface area contributed by atoms with Crippen molar-refractivity contribution in [2.75, 3.05) is 11.8 Å². The van der Waals surface area contributed by atoms with Crippen LogP contribution in [-0.2, 0) is 4.74 Å². The molecule has 2 rings (SSSR count). The van der Waals surface area contributed by atoms with Gasteiger partial charge in [-0.2, -0.15) is 0 Å². The average molecular weight is 326 g/mol. The molecule has 6 nitrogen and oxygen atoms in total. The fraction of sp³-hybridized carbons (Fsp3) is 0.154. The van der Waals surface area contributed by atoms with Crippen molar-refractivity contribution in [3.05, 3.63) is 41.2 Å². The number of ether oxygens (including phenoxy) is 2. The standard InChI is InChI=1S/C13H12ClN3O3S/c1-8-5-10(17-21-13(18)19-2)3-4-11(8)20-12-15-6-9(14)7-16-12/h3-7,17H,1-2H3. The first-order valence-corrected chi connectivity index (χ1v) is 7.05. The predicted molar refractivity (Wildman–Crippen MR) is 81.9 cm³/mol. The van der Waals surface area contributed by atoms with E-state index >= 15 is 0 Å². The third-order valence-corrected chi connectivity index (χ3v) is 3.26. The highest BCUT2D eigenvalue weighted by Crippen LogP contribution is 2.26. The third-order valence-electron chi connectivity index (χ3n) is 2.39. The summed E-state index contributed by atoms with van der Waals surface area (Å²) in [5.41, 5.74) is 1.62. The lowest BCUT2D eigenvalue weighted by Gasteiger charge is -2.09. The topological polar surface area (TPSA) is 73.3 Å². The number of nitrogens with one attached hydrogen (secondary N) is 1. The largest absolute Gasteiger partial charge is 0.460 e. The Morgan fingerprint density at radius 2 is 2.05 bits per heavy atom. The number of hydrogen-bond donors (Lipinski definition) is 1. The molecule has 0 aliphatic rings. The molecule has 0 atom stereocenters. The van der Waals surface area contributed by atoms with Crippen LogP contribution in [0.4, 0.5) is 10.5 Å². The summed E-state index contributed by atoms with van der Waals surface area (Å²) in [6, 6.07) is 5.58. The van der Waals surface area contributed by atoms with Crippen molar-refractivity contribution in [2.45, 2.75) is 6.92 Å². The van der Waals surface area contributed by atoms with Crippen LogP contribution >= 0.6 is 23.5 Å².